The molecule has 0 aliphatic carbocycles. The van der Waals surface area contributed by atoms with Gasteiger partial charge in [0.2, 0.25) is 10.0 Å². The third-order valence-corrected chi connectivity index (χ3v) is 4.82. The Morgan fingerprint density at radius 1 is 1.14 bits per heavy atom. The lowest BCUT2D eigenvalue weighted by Crippen LogP contribution is -2.33. The molecule has 0 aliphatic rings. The van der Waals surface area contributed by atoms with Crippen molar-refractivity contribution in [3.63, 3.8) is 0 Å². The maximum Gasteiger partial charge on any atom is 0.299 e. The topological polar surface area (TPSA) is 118 Å². The van der Waals surface area contributed by atoms with Gasteiger partial charge in [-0.1, -0.05) is 13.8 Å². The highest BCUT2D eigenvalue weighted by molar-refractivity contribution is 7.90. The lowest BCUT2D eigenvalue weighted by molar-refractivity contribution is 0.564. The molecule has 1 aromatic carbocycles. The summed E-state index contributed by atoms with van der Waals surface area (Å²) in [6.07, 6.45) is 0. The fourth-order valence-corrected chi connectivity index (χ4v) is 3.30. The van der Waals surface area contributed by atoms with Gasteiger partial charge in [0.1, 0.15) is 0 Å². The third kappa shape index (κ3) is 5.27. The predicted molar refractivity (Wildman–Crippen MR) is 82.7 cm³/mol. The number of aryl methyl sites for hydroxylation is 1. The molecule has 0 saturated heterocycles. The monoisotopic (exact) mass is 335 g/mol. The Balaban J connectivity index is 3.17. The van der Waals surface area contributed by atoms with Crippen molar-refractivity contribution in [3.8, 4) is 0 Å². The number of sulfonamides is 1. The largest absolute Gasteiger partial charge is 0.299 e. The Morgan fingerprint density at radius 2 is 1.71 bits per heavy atom. The van der Waals surface area contributed by atoms with Crippen LogP contribution in [0.2, 0.25) is 0 Å². The standard InChI is InChI=1S/C12H21N3O4S2/c1-8(2)7-14-21(18,19)15-12-6-11(20(13,16)17)5-9(3)10(12)4/h5-6,8,14-15H,7H2,1-4H3,(H2,13,16,17). The number of anilines is 1. The number of rotatable bonds is 6. The first-order valence-corrected chi connectivity index (χ1v) is 9.37. The first-order chi connectivity index (χ1) is 9.42. The normalized spacial score (nSPS) is 12.7. The van der Waals surface area contributed by atoms with Crippen LogP contribution < -0.4 is 14.6 Å². The van der Waals surface area contributed by atoms with Gasteiger partial charge in [-0.3, -0.25) is 4.72 Å². The van der Waals surface area contributed by atoms with Gasteiger partial charge in [0.05, 0.1) is 10.6 Å². The van der Waals surface area contributed by atoms with Crippen molar-refractivity contribution in [3.05, 3.63) is 23.3 Å². The van der Waals surface area contributed by atoms with Crippen LogP contribution in [0.1, 0.15) is 25.0 Å². The van der Waals surface area contributed by atoms with Gasteiger partial charge in [0, 0.05) is 6.54 Å². The Hall–Kier alpha value is -1.16. The molecule has 0 heterocycles. The minimum atomic E-state index is -3.90. The van der Waals surface area contributed by atoms with E-state index >= 15 is 0 Å². The average Bonchev–Trinajstić information content (AvgIpc) is 2.31. The van der Waals surface area contributed by atoms with E-state index in [-0.39, 0.29) is 23.0 Å². The molecule has 7 nitrogen and oxygen atoms in total. The van der Waals surface area contributed by atoms with Crippen LogP contribution in [0.4, 0.5) is 5.69 Å². The van der Waals surface area contributed by atoms with Crippen LogP contribution in [-0.4, -0.2) is 23.4 Å². The molecule has 1 aromatic rings. The van der Waals surface area contributed by atoms with E-state index in [9.17, 15) is 16.8 Å². The summed E-state index contributed by atoms with van der Waals surface area (Å²) in [6, 6.07) is 2.62. The van der Waals surface area contributed by atoms with Crippen LogP contribution in [0.5, 0.6) is 0 Å². The summed E-state index contributed by atoms with van der Waals surface area (Å²) in [7, 11) is -7.67. The second-order valence-corrected chi connectivity index (χ2v) is 8.37. The van der Waals surface area contributed by atoms with Gasteiger partial charge in [-0.2, -0.15) is 13.1 Å². The van der Waals surface area contributed by atoms with Gasteiger partial charge in [-0.15, -0.1) is 0 Å². The summed E-state index contributed by atoms with van der Waals surface area (Å²) >= 11 is 0. The molecule has 0 fully saturated rings. The smallest absolute Gasteiger partial charge is 0.271 e. The summed E-state index contributed by atoms with van der Waals surface area (Å²) < 4.78 is 51.4. The molecule has 0 aromatic heterocycles. The van der Waals surface area contributed by atoms with Crippen LogP contribution in [0.25, 0.3) is 0 Å². The van der Waals surface area contributed by atoms with Gasteiger partial charge < -0.3 is 0 Å². The van der Waals surface area contributed by atoms with E-state index in [4.69, 9.17) is 5.14 Å². The maximum atomic E-state index is 11.9. The fraction of sp³-hybridized carbons (Fsp3) is 0.500. The highest BCUT2D eigenvalue weighted by atomic mass is 32.2. The van der Waals surface area contributed by atoms with Crippen LogP contribution >= 0.6 is 0 Å². The van der Waals surface area contributed by atoms with Crippen molar-refractivity contribution in [2.45, 2.75) is 32.6 Å². The number of hydrogen-bond donors (Lipinski definition) is 3. The molecule has 1 rings (SSSR count). The number of primary sulfonamides is 1. The van der Waals surface area contributed by atoms with Crippen molar-refractivity contribution >= 4 is 25.9 Å². The molecule has 0 bridgehead atoms. The number of hydrogen-bond acceptors (Lipinski definition) is 4. The van der Waals surface area contributed by atoms with E-state index in [1.54, 1.807) is 13.8 Å². The van der Waals surface area contributed by atoms with E-state index in [0.717, 1.165) is 0 Å². The Bertz CT molecular complexity index is 725. The zero-order valence-corrected chi connectivity index (χ0v) is 14.1. The molecule has 0 aliphatic heterocycles. The van der Waals surface area contributed by atoms with Crippen LogP contribution in [0.15, 0.2) is 17.0 Å². The molecule has 120 valence electrons. The Labute approximate surface area is 126 Å². The average molecular weight is 335 g/mol. The molecule has 0 radical (unpaired) electrons. The summed E-state index contributed by atoms with van der Waals surface area (Å²) in [5.41, 5.74) is 1.45. The van der Waals surface area contributed by atoms with E-state index in [0.29, 0.717) is 11.1 Å². The summed E-state index contributed by atoms with van der Waals surface area (Å²) in [6.45, 7) is 7.41. The van der Waals surface area contributed by atoms with Crippen molar-refractivity contribution in [2.75, 3.05) is 11.3 Å². The van der Waals surface area contributed by atoms with Crippen molar-refractivity contribution in [1.29, 1.82) is 0 Å². The van der Waals surface area contributed by atoms with Crippen LogP contribution in [-0.2, 0) is 20.2 Å². The number of benzene rings is 1. The Kier molecular flexibility index (Phi) is 5.37. The molecule has 0 spiro atoms. The zero-order valence-electron chi connectivity index (χ0n) is 12.5. The van der Waals surface area contributed by atoms with Gasteiger partial charge in [0.15, 0.2) is 0 Å². The molecule has 0 saturated carbocycles. The molecule has 4 N–H and O–H groups in total. The van der Waals surface area contributed by atoms with E-state index in [1.165, 1.54) is 12.1 Å². The van der Waals surface area contributed by atoms with Crippen molar-refractivity contribution < 1.29 is 16.8 Å². The van der Waals surface area contributed by atoms with Gasteiger partial charge in [0.25, 0.3) is 10.2 Å². The molecular formula is C12H21N3O4S2. The van der Waals surface area contributed by atoms with Crippen molar-refractivity contribution in [2.24, 2.45) is 11.1 Å². The fourth-order valence-electron chi connectivity index (χ4n) is 1.55. The lowest BCUT2D eigenvalue weighted by atomic mass is 10.1. The van der Waals surface area contributed by atoms with Crippen LogP contribution in [0.3, 0.4) is 0 Å². The minimum Gasteiger partial charge on any atom is -0.271 e. The minimum absolute atomic E-state index is 0.132. The molecule has 0 atom stereocenters. The van der Waals surface area contributed by atoms with Gasteiger partial charge in [-0.05, 0) is 43.0 Å². The van der Waals surface area contributed by atoms with Crippen molar-refractivity contribution in [1.82, 2.24) is 4.72 Å². The van der Waals surface area contributed by atoms with Gasteiger partial charge >= 0.3 is 0 Å². The maximum absolute atomic E-state index is 11.9. The lowest BCUT2D eigenvalue weighted by Gasteiger charge is -2.15. The van der Waals surface area contributed by atoms with Crippen LogP contribution in [0, 0.1) is 19.8 Å². The summed E-state index contributed by atoms with van der Waals surface area (Å²) in [5, 5.41) is 5.09. The summed E-state index contributed by atoms with van der Waals surface area (Å²) in [5.74, 6) is 0.153. The predicted octanol–water partition coefficient (Wildman–Crippen LogP) is 0.853. The first kappa shape index (κ1) is 17.9. The zero-order chi connectivity index (χ0) is 16.4. The quantitative estimate of drug-likeness (QED) is 0.714. The molecule has 9 heteroatoms. The first-order valence-electron chi connectivity index (χ1n) is 6.34. The van der Waals surface area contributed by atoms with E-state index in [2.05, 4.69) is 9.44 Å². The highest BCUT2D eigenvalue weighted by Crippen LogP contribution is 2.24. The highest BCUT2D eigenvalue weighted by Gasteiger charge is 2.16. The van der Waals surface area contributed by atoms with Gasteiger partial charge in [-0.25, -0.2) is 13.6 Å². The molecule has 0 amide bonds. The molecular weight excluding hydrogens is 314 g/mol. The van der Waals surface area contributed by atoms with E-state index in [1.807, 2.05) is 13.8 Å². The molecule has 0 unspecified atom stereocenters. The number of nitrogens with two attached hydrogens (primary N) is 1. The second kappa shape index (κ2) is 6.30. The SMILES string of the molecule is Cc1cc(S(N)(=O)=O)cc(NS(=O)(=O)NCC(C)C)c1C. The third-order valence-electron chi connectivity index (χ3n) is 2.90. The number of nitrogens with one attached hydrogen (secondary N) is 2. The van der Waals surface area contributed by atoms with E-state index < -0.39 is 20.2 Å². The molecule has 21 heavy (non-hydrogen) atoms. The Morgan fingerprint density at radius 3 is 2.19 bits per heavy atom. The summed E-state index contributed by atoms with van der Waals surface area (Å²) in [4.78, 5) is -0.132. The second-order valence-electron chi connectivity index (χ2n) is 5.31.